The van der Waals surface area contributed by atoms with Crippen molar-refractivity contribution in [2.24, 2.45) is 0 Å². The molecule has 0 saturated carbocycles. The van der Waals surface area contributed by atoms with E-state index in [-0.39, 0.29) is 0 Å². The minimum Gasteiger partial charge on any atom is -0.265 e. The molecule has 0 N–H and O–H groups in total. The van der Waals surface area contributed by atoms with Crippen LogP contribution in [0.1, 0.15) is 6.92 Å². The van der Waals surface area contributed by atoms with Gasteiger partial charge in [0.2, 0.25) is 0 Å². The second-order valence-corrected chi connectivity index (χ2v) is 6.58. The molecule has 23 heavy (non-hydrogen) atoms. The van der Waals surface area contributed by atoms with E-state index < -0.39 is 0 Å². The van der Waals surface area contributed by atoms with E-state index in [0.717, 1.165) is 11.3 Å². The summed E-state index contributed by atoms with van der Waals surface area (Å²) in [5.41, 5.74) is 1.48. The van der Waals surface area contributed by atoms with Crippen molar-refractivity contribution in [2.45, 2.75) is 12.1 Å². The summed E-state index contributed by atoms with van der Waals surface area (Å²) in [4.78, 5) is 17.6. The lowest BCUT2D eigenvalue weighted by Gasteiger charge is -2.09. The first kappa shape index (κ1) is 16.2. The van der Waals surface area contributed by atoms with Crippen molar-refractivity contribution >= 4 is 35.0 Å². The fourth-order valence-electron chi connectivity index (χ4n) is 2.00. The number of rotatable bonds is 4. The lowest BCUT2D eigenvalue weighted by Crippen LogP contribution is -2.00. The molecule has 0 atom stereocenters. The number of thioether (sulfide) groups is 1. The summed E-state index contributed by atoms with van der Waals surface area (Å²) < 4.78 is 0. The molecule has 116 valence electrons. The van der Waals surface area contributed by atoms with Crippen LogP contribution < -0.4 is 0 Å². The van der Waals surface area contributed by atoms with Crippen LogP contribution in [-0.4, -0.2) is 25.7 Å². The third-order valence-electron chi connectivity index (χ3n) is 3.01. The lowest BCUT2D eigenvalue weighted by atomic mass is 10.2. The van der Waals surface area contributed by atoms with Crippen molar-refractivity contribution in [3.63, 3.8) is 0 Å². The maximum Gasteiger partial charge on any atom is 0.191 e. The fourth-order valence-corrected chi connectivity index (χ4v) is 3.13. The average molecular weight is 363 g/mol. The minimum absolute atomic E-state index is 0.471. The van der Waals surface area contributed by atoms with E-state index in [9.17, 15) is 0 Å². The van der Waals surface area contributed by atoms with Gasteiger partial charge in [0.1, 0.15) is 0 Å². The number of aromatic nitrogens is 4. The summed E-state index contributed by atoms with van der Waals surface area (Å²) in [5.74, 6) is 1.90. The Bertz CT molecular complexity index is 807. The van der Waals surface area contributed by atoms with Crippen LogP contribution in [0.2, 0.25) is 10.0 Å². The van der Waals surface area contributed by atoms with E-state index in [0.29, 0.717) is 32.4 Å². The van der Waals surface area contributed by atoms with Crippen molar-refractivity contribution < 1.29 is 0 Å². The molecule has 0 aliphatic rings. The van der Waals surface area contributed by atoms with Crippen molar-refractivity contribution in [3.8, 4) is 22.8 Å². The zero-order valence-electron chi connectivity index (χ0n) is 12.2. The molecule has 2 aromatic heterocycles. The van der Waals surface area contributed by atoms with Gasteiger partial charge in [-0.05, 0) is 30.0 Å². The molecule has 7 heteroatoms. The van der Waals surface area contributed by atoms with E-state index in [1.807, 2.05) is 19.1 Å². The maximum absolute atomic E-state index is 6.29. The molecule has 0 aliphatic carbocycles. The predicted molar refractivity (Wildman–Crippen MR) is 94.9 cm³/mol. The topological polar surface area (TPSA) is 51.6 Å². The van der Waals surface area contributed by atoms with E-state index in [4.69, 9.17) is 23.2 Å². The monoisotopic (exact) mass is 362 g/mol. The zero-order chi connectivity index (χ0) is 16.2. The summed E-state index contributed by atoms with van der Waals surface area (Å²) in [5, 5.41) is 1.66. The molecular weight excluding hydrogens is 351 g/mol. The van der Waals surface area contributed by atoms with Crippen molar-refractivity contribution in [1.82, 2.24) is 19.9 Å². The Labute approximate surface area is 148 Å². The quantitative estimate of drug-likeness (QED) is 0.609. The second-order valence-electron chi connectivity index (χ2n) is 4.53. The van der Waals surface area contributed by atoms with Gasteiger partial charge in [-0.1, -0.05) is 48.0 Å². The van der Waals surface area contributed by atoms with Crippen LogP contribution in [0.4, 0.5) is 0 Å². The summed E-state index contributed by atoms with van der Waals surface area (Å²) in [6.45, 7) is 2.04. The van der Waals surface area contributed by atoms with E-state index in [2.05, 4.69) is 19.9 Å². The van der Waals surface area contributed by atoms with Gasteiger partial charge in [-0.15, -0.1) is 0 Å². The van der Waals surface area contributed by atoms with E-state index in [1.54, 1.807) is 42.4 Å². The summed E-state index contributed by atoms with van der Waals surface area (Å²) in [6, 6.07) is 9.04. The Balaban J connectivity index is 2.19. The molecule has 0 bridgehead atoms. The molecule has 0 radical (unpaired) electrons. The molecule has 0 saturated heterocycles. The molecule has 0 unspecified atom stereocenters. The highest BCUT2D eigenvalue weighted by atomic mass is 35.5. The highest BCUT2D eigenvalue weighted by Gasteiger charge is 2.15. The normalized spacial score (nSPS) is 10.7. The Morgan fingerprint density at radius 1 is 0.913 bits per heavy atom. The first-order chi connectivity index (χ1) is 11.2. The summed E-state index contributed by atoms with van der Waals surface area (Å²) in [6.07, 6.45) is 3.40. The van der Waals surface area contributed by atoms with Crippen LogP contribution in [0.3, 0.4) is 0 Å². The third-order valence-corrected chi connectivity index (χ3v) is 4.37. The Morgan fingerprint density at radius 2 is 1.57 bits per heavy atom. The first-order valence-corrected chi connectivity index (χ1v) is 8.67. The molecule has 1 aromatic carbocycles. The third kappa shape index (κ3) is 3.63. The molecule has 2 heterocycles. The molecule has 4 nitrogen and oxygen atoms in total. The van der Waals surface area contributed by atoms with Crippen LogP contribution in [0, 0.1) is 0 Å². The van der Waals surface area contributed by atoms with E-state index >= 15 is 0 Å². The zero-order valence-corrected chi connectivity index (χ0v) is 14.5. The van der Waals surface area contributed by atoms with Gasteiger partial charge < -0.3 is 0 Å². The molecule has 0 amide bonds. The van der Waals surface area contributed by atoms with E-state index in [1.165, 1.54) is 0 Å². The van der Waals surface area contributed by atoms with Crippen LogP contribution in [-0.2, 0) is 0 Å². The molecule has 3 aromatic rings. The largest absolute Gasteiger partial charge is 0.265 e. The molecule has 0 spiro atoms. The molecule has 0 aliphatic heterocycles. The van der Waals surface area contributed by atoms with Gasteiger partial charge in [-0.3, -0.25) is 4.98 Å². The highest BCUT2D eigenvalue weighted by Crippen LogP contribution is 2.34. The van der Waals surface area contributed by atoms with Gasteiger partial charge in [0.15, 0.2) is 16.8 Å². The predicted octanol–water partition coefficient (Wildman–Crippen LogP) is 5.02. The van der Waals surface area contributed by atoms with Gasteiger partial charge in [0.25, 0.3) is 0 Å². The SMILES string of the molecule is CCSc1nc(-c2ccncc2)nc(-c2c(Cl)cccc2Cl)n1. The Kier molecular flexibility index (Phi) is 5.10. The fraction of sp³-hybridized carbons (Fsp3) is 0.125. The van der Waals surface area contributed by atoms with Crippen LogP contribution in [0.25, 0.3) is 22.8 Å². The average Bonchev–Trinajstić information content (AvgIpc) is 2.56. The molecule has 0 fully saturated rings. The van der Waals surface area contributed by atoms with Crippen molar-refractivity contribution in [2.75, 3.05) is 5.75 Å². The Morgan fingerprint density at radius 3 is 2.22 bits per heavy atom. The smallest absolute Gasteiger partial charge is 0.191 e. The van der Waals surface area contributed by atoms with Gasteiger partial charge in [-0.25, -0.2) is 15.0 Å². The maximum atomic E-state index is 6.29. The first-order valence-electron chi connectivity index (χ1n) is 6.92. The number of hydrogen-bond donors (Lipinski definition) is 0. The lowest BCUT2D eigenvalue weighted by molar-refractivity contribution is 0.921. The summed E-state index contributed by atoms with van der Waals surface area (Å²) in [7, 11) is 0. The van der Waals surface area contributed by atoms with Gasteiger partial charge in [0.05, 0.1) is 15.6 Å². The standard InChI is InChI=1S/C16H12Cl2N4S/c1-2-23-16-21-14(10-6-8-19-9-7-10)20-15(22-16)13-11(17)4-3-5-12(13)18/h3-9H,2H2,1H3. The van der Waals surface area contributed by atoms with Crippen LogP contribution in [0.5, 0.6) is 0 Å². The van der Waals surface area contributed by atoms with Crippen LogP contribution >= 0.6 is 35.0 Å². The number of benzene rings is 1. The number of pyridine rings is 1. The summed E-state index contributed by atoms with van der Waals surface area (Å²) >= 11 is 14.1. The number of nitrogens with zero attached hydrogens (tertiary/aromatic N) is 4. The molecule has 3 rings (SSSR count). The Hall–Kier alpha value is -1.69. The molecular formula is C16H12Cl2N4S. The number of hydrogen-bond acceptors (Lipinski definition) is 5. The minimum atomic E-state index is 0.471. The number of halogens is 2. The second kappa shape index (κ2) is 7.25. The highest BCUT2D eigenvalue weighted by molar-refractivity contribution is 7.99. The van der Waals surface area contributed by atoms with Crippen molar-refractivity contribution in [1.29, 1.82) is 0 Å². The van der Waals surface area contributed by atoms with Crippen LogP contribution in [0.15, 0.2) is 47.9 Å². The van der Waals surface area contributed by atoms with Gasteiger partial charge in [0, 0.05) is 18.0 Å². The van der Waals surface area contributed by atoms with Gasteiger partial charge >= 0.3 is 0 Å². The van der Waals surface area contributed by atoms with Gasteiger partial charge in [-0.2, -0.15) is 0 Å². The van der Waals surface area contributed by atoms with Crippen molar-refractivity contribution in [3.05, 3.63) is 52.8 Å².